The highest BCUT2D eigenvalue weighted by atomic mass is 16.3. The second-order valence-corrected chi connectivity index (χ2v) is 5.78. The molecular formula is C20H19N3O2. The number of hydrogen-bond donors (Lipinski definition) is 3. The number of phenolic OH excluding ortho intramolecular Hbond substituents is 1. The SMILES string of the molecule is N[C@@H](Cc1ccc(O)cc1)C(=O)N/N=C/c1cccc2ccccc12. The first-order chi connectivity index (χ1) is 12.1. The van der Waals surface area contributed by atoms with Crippen molar-refractivity contribution in [2.75, 3.05) is 0 Å². The van der Waals surface area contributed by atoms with Gasteiger partial charge in [-0.3, -0.25) is 4.79 Å². The van der Waals surface area contributed by atoms with Crippen LogP contribution in [0.15, 0.2) is 71.8 Å². The Labute approximate surface area is 145 Å². The predicted molar refractivity (Wildman–Crippen MR) is 99.5 cm³/mol. The fourth-order valence-electron chi connectivity index (χ4n) is 2.59. The molecule has 25 heavy (non-hydrogen) atoms. The maximum absolute atomic E-state index is 12.1. The summed E-state index contributed by atoms with van der Waals surface area (Å²) in [7, 11) is 0. The maximum atomic E-state index is 12.1. The molecule has 0 unspecified atom stereocenters. The van der Waals surface area contributed by atoms with Crippen LogP contribution in [0.25, 0.3) is 10.8 Å². The van der Waals surface area contributed by atoms with Gasteiger partial charge in [0.15, 0.2) is 0 Å². The Kier molecular flexibility index (Phi) is 5.06. The predicted octanol–water partition coefficient (Wildman–Crippen LogP) is 2.57. The molecule has 0 radical (unpaired) electrons. The van der Waals surface area contributed by atoms with E-state index in [1.165, 1.54) is 0 Å². The van der Waals surface area contributed by atoms with Gasteiger partial charge in [-0.05, 0) is 34.9 Å². The number of nitrogens with one attached hydrogen (secondary N) is 1. The molecule has 4 N–H and O–H groups in total. The number of fused-ring (bicyclic) bond motifs is 1. The first kappa shape index (κ1) is 16.7. The topological polar surface area (TPSA) is 87.7 Å². The molecule has 0 spiro atoms. The van der Waals surface area contributed by atoms with Gasteiger partial charge < -0.3 is 10.8 Å². The zero-order valence-corrected chi connectivity index (χ0v) is 13.6. The number of carbonyl (C=O) groups excluding carboxylic acids is 1. The Morgan fingerprint density at radius 1 is 1.08 bits per heavy atom. The molecule has 0 aliphatic carbocycles. The number of amides is 1. The minimum atomic E-state index is -0.714. The van der Waals surface area contributed by atoms with Crippen LogP contribution < -0.4 is 11.2 Å². The summed E-state index contributed by atoms with van der Waals surface area (Å²) in [6, 6.07) is 19.8. The van der Waals surface area contributed by atoms with Crippen LogP contribution in [0.1, 0.15) is 11.1 Å². The summed E-state index contributed by atoms with van der Waals surface area (Å²) >= 11 is 0. The van der Waals surface area contributed by atoms with Gasteiger partial charge in [0, 0.05) is 5.56 Å². The molecule has 0 aliphatic rings. The van der Waals surface area contributed by atoms with Crippen LogP contribution in [0.4, 0.5) is 0 Å². The van der Waals surface area contributed by atoms with Gasteiger partial charge in [-0.1, -0.05) is 54.6 Å². The van der Waals surface area contributed by atoms with Gasteiger partial charge in [0.1, 0.15) is 5.75 Å². The molecule has 0 aromatic heterocycles. The van der Waals surface area contributed by atoms with E-state index < -0.39 is 6.04 Å². The molecule has 1 atom stereocenters. The smallest absolute Gasteiger partial charge is 0.257 e. The van der Waals surface area contributed by atoms with Crippen molar-refractivity contribution in [2.24, 2.45) is 10.8 Å². The van der Waals surface area contributed by atoms with Crippen molar-refractivity contribution >= 4 is 22.9 Å². The number of rotatable bonds is 5. The van der Waals surface area contributed by atoms with Gasteiger partial charge in [0.05, 0.1) is 12.3 Å². The van der Waals surface area contributed by atoms with Crippen molar-refractivity contribution in [1.82, 2.24) is 5.43 Å². The normalized spacial score (nSPS) is 12.4. The van der Waals surface area contributed by atoms with Crippen molar-refractivity contribution in [3.63, 3.8) is 0 Å². The summed E-state index contributed by atoms with van der Waals surface area (Å²) < 4.78 is 0. The number of aromatic hydroxyl groups is 1. The van der Waals surface area contributed by atoms with E-state index in [1.807, 2.05) is 42.5 Å². The van der Waals surface area contributed by atoms with E-state index in [1.54, 1.807) is 30.5 Å². The van der Waals surface area contributed by atoms with Crippen molar-refractivity contribution in [2.45, 2.75) is 12.5 Å². The number of benzene rings is 3. The monoisotopic (exact) mass is 333 g/mol. The average molecular weight is 333 g/mol. The zero-order chi connectivity index (χ0) is 17.6. The second-order valence-electron chi connectivity index (χ2n) is 5.78. The summed E-state index contributed by atoms with van der Waals surface area (Å²) in [6.45, 7) is 0. The van der Waals surface area contributed by atoms with Crippen LogP contribution in [0.3, 0.4) is 0 Å². The Bertz CT molecular complexity index is 899. The number of carbonyl (C=O) groups is 1. The van der Waals surface area contributed by atoms with Crippen molar-refractivity contribution in [3.05, 3.63) is 77.9 Å². The molecule has 0 bridgehead atoms. The molecule has 0 fully saturated rings. The minimum absolute atomic E-state index is 0.182. The van der Waals surface area contributed by atoms with E-state index in [-0.39, 0.29) is 11.7 Å². The van der Waals surface area contributed by atoms with Crippen LogP contribution >= 0.6 is 0 Å². The van der Waals surface area contributed by atoms with Crippen molar-refractivity contribution in [1.29, 1.82) is 0 Å². The molecule has 3 aromatic carbocycles. The molecule has 0 saturated carbocycles. The summed E-state index contributed by atoms with van der Waals surface area (Å²) in [5.74, 6) is -0.175. The Morgan fingerprint density at radius 2 is 1.80 bits per heavy atom. The quantitative estimate of drug-likeness (QED) is 0.495. The zero-order valence-electron chi connectivity index (χ0n) is 13.6. The minimum Gasteiger partial charge on any atom is -0.508 e. The highest BCUT2D eigenvalue weighted by molar-refractivity contribution is 6.00. The molecule has 0 aliphatic heterocycles. The summed E-state index contributed by atoms with van der Waals surface area (Å²) in [5.41, 5.74) is 10.2. The van der Waals surface area contributed by atoms with Crippen LogP contribution in [0.2, 0.25) is 0 Å². The molecule has 3 rings (SSSR count). The summed E-state index contributed by atoms with van der Waals surface area (Å²) in [5, 5.41) is 15.5. The fraction of sp³-hybridized carbons (Fsp3) is 0.100. The number of hydrazone groups is 1. The van der Waals surface area contributed by atoms with Gasteiger partial charge in [-0.15, -0.1) is 0 Å². The Morgan fingerprint density at radius 3 is 2.60 bits per heavy atom. The first-order valence-corrected chi connectivity index (χ1v) is 7.97. The van der Waals surface area contributed by atoms with Gasteiger partial charge in [0.25, 0.3) is 5.91 Å². The van der Waals surface area contributed by atoms with Gasteiger partial charge in [-0.2, -0.15) is 5.10 Å². The van der Waals surface area contributed by atoms with Crippen LogP contribution in [0, 0.1) is 0 Å². The van der Waals surface area contributed by atoms with Crippen LogP contribution in [-0.4, -0.2) is 23.3 Å². The van der Waals surface area contributed by atoms with Crippen molar-refractivity contribution in [3.8, 4) is 5.75 Å². The standard InChI is InChI=1S/C20H19N3O2/c21-19(12-14-8-10-17(24)11-9-14)20(25)23-22-13-16-6-3-5-15-4-1-2-7-18(15)16/h1-11,13,19,24H,12,21H2,(H,23,25)/b22-13+/t19-/m0/s1. The molecule has 5 heteroatoms. The highest BCUT2D eigenvalue weighted by Crippen LogP contribution is 2.16. The number of hydrogen-bond acceptors (Lipinski definition) is 4. The molecule has 126 valence electrons. The summed E-state index contributed by atoms with van der Waals surface area (Å²) in [6.07, 6.45) is 1.99. The molecule has 0 saturated heterocycles. The number of nitrogens with zero attached hydrogens (tertiary/aromatic N) is 1. The maximum Gasteiger partial charge on any atom is 0.257 e. The number of nitrogens with two attached hydrogens (primary N) is 1. The van der Waals surface area contributed by atoms with Gasteiger partial charge in [0.2, 0.25) is 0 Å². The second kappa shape index (κ2) is 7.59. The van der Waals surface area contributed by atoms with E-state index in [4.69, 9.17) is 5.73 Å². The fourth-order valence-corrected chi connectivity index (χ4v) is 2.59. The number of phenols is 1. The largest absolute Gasteiger partial charge is 0.508 e. The van der Waals surface area contributed by atoms with Crippen molar-refractivity contribution < 1.29 is 9.90 Å². The van der Waals surface area contributed by atoms with E-state index >= 15 is 0 Å². The third kappa shape index (κ3) is 4.22. The molecule has 1 amide bonds. The van der Waals surface area contributed by atoms with Gasteiger partial charge >= 0.3 is 0 Å². The lowest BCUT2D eigenvalue weighted by Crippen LogP contribution is -2.39. The molecule has 0 heterocycles. The Hall–Kier alpha value is -3.18. The first-order valence-electron chi connectivity index (χ1n) is 7.97. The molecule has 3 aromatic rings. The lowest BCUT2D eigenvalue weighted by molar-refractivity contribution is -0.122. The van der Waals surface area contributed by atoms with E-state index in [9.17, 15) is 9.90 Å². The van der Waals surface area contributed by atoms with Crippen LogP contribution in [-0.2, 0) is 11.2 Å². The molecular weight excluding hydrogens is 314 g/mol. The lowest BCUT2D eigenvalue weighted by atomic mass is 10.1. The van der Waals surface area contributed by atoms with Gasteiger partial charge in [-0.25, -0.2) is 5.43 Å². The van der Waals surface area contributed by atoms with E-state index in [2.05, 4.69) is 10.5 Å². The lowest BCUT2D eigenvalue weighted by Gasteiger charge is -2.10. The van der Waals surface area contributed by atoms with E-state index in [0.717, 1.165) is 21.9 Å². The highest BCUT2D eigenvalue weighted by Gasteiger charge is 2.13. The third-order valence-electron chi connectivity index (χ3n) is 3.93. The average Bonchev–Trinajstić information content (AvgIpc) is 2.63. The summed E-state index contributed by atoms with van der Waals surface area (Å²) in [4.78, 5) is 12.1. The van der Waals surface area contributed by atoms with E-state index in [0.29, 0.717) is 6.42 Å². The van der Waals surface area contributed by atoms with Crippen LogP contribution in [0.5, 0.6) is 5.75 Å². The Balaban J connectivity index is 1.62. The third-order valence-corrected chi connectivity index (χ3v) is 3.93. The molecule has 5 nitrogen and oxygen atoms in total.